The fourth-order valence-electron chi connectivity index (χ4n) is 1.85. The Kier molecular flexibility index (Phi) is 4.56. The molecule has 1 fully saturated rings. The second kappa shape index (κ2) is 5.51. The van der Waals surface area contributed by atoms with Gasteiger partial charge in [0.1, 0.15) is 0 Å². The first-order valence-electron chi connectivity index (χ1n) is 5.85. The summed E-state index contributed by atoms with van der Waals surface area (Å²) in [6, 6.07) is 0.281. The van der Waals surface area contributed by atoms with Crippen molar-refractivity contribution in [1.29, 1.82) is 0 Å². The Labute approximate surface area is 96.1 Å². The Morgan fingerprint density at radius 3 is 2.50 bits per heavy atom. The molecular weight excluding hydrogens is 212 g/mol. The van der Waals surface area contributed by atoms with Crippen molar-refractivity contribution in [2.45, 2.75) is 51.5 Å². The summed E-state index contributed by atoms with van der Waals surface area (Å²) in [5.74, 6) is -1.68. The number of hydrogen-bond donors (Lipinski definition) is 1. The van der Waals surface area contributed by atoms with Crippen molar-refractivity contribution in [3.8, 4) is 0 Å². The highest BCUT2D eigenvalue weighted by atomic mass is 19.3. The van der Waals surface area contributed by atoms with Crippen LogP contribution in [0.1, 0.15) is 39.5 Å². The third-order valence-corrected chi connectivity index (χ3v) is 2.78. The van der Waals surface area contributed by atoms with Crippen LogP contribution in [0.5, 0.6) is 0 Å². The van der Waals surface area contributed by atoms with Crippen molar-refractivity contribution < 1.29 is 13.5 Å². The lowest BCUT2D eigenvalue weighted by atomic mass is 9.87. The van der Waals surface area contributed by atoms with E-state index < -0.39 is 5.92 Å². The van der Waals surface area contributed by atoms with Crippen molar-refractivity contribution in [3.63, 3.8) is 0 Å². The van der Waals surface area contributed by atoms with E-state index in [-0.39, 0.29) is 24.8 Å². The van der Waals surface area contributed by atoms with Gasteiger partial charge in [-0.25, -0.2) is 8.78 Å². The molecule has 1 aliphatic carbocycles. The van der Waals surface area contributed by atoms with Gasteiger partial charge in [0.05, 0.1) is 6.61 Å². The van der Waals surface area contributed by atoms with Gasteiger partial charge in [0.25, 0.3) is 0 Å². The van der Waals surface area contributed by atoms with Crippen LogP contribution in [-0.2, 0) is 4.74 Å². The second-order valence-corrected chi connectivity index (χ2v) is 4.83. The predicted molar refractivity (Wildman–Crippen MR) is 60.3 cm³/mol. The van der Waals surface area contributed by atoms with Gasteiger partial charge < -0.3 is 10.1 Å². The minimum absolute atomic E-state index is 0.00882. The molecule has 4 heteroatoms. The molecule has 16 heavy (non-hydrogen) atoms. The van der Waals surface area contributed by atoms with E-state index >= 15 is 0 Å². The lowest BCUT2D eigenvalue weighted by Crippen LogP contribution is -2.28. The molecule has 0 spiro atoms. The number of rotatable bonds is 5. The quantitative estimate of drug-likeness (QED) is 0.736. The highest BCUT2D eigenvalue weighted by molar-refractivity contribution is 4.83. The topological polar surface area (TPSA) is 21.3 Å². The fourth-order valence-corrected chi connectivity index (χ4v) is 1.85. The van der Waals surface area contributed by atoms with Crippen molar-refractivity contribution >= 4 is 0 Å². The average molecular weight is 233 g/mol. The van der Waals surface area contributed by atoms with Gasteiger partial charge in [-0.1, -0.05) is 0 Å². The van der Waals surface area contributed by atoms with Crippen LogP contribution < -0.4 is 5.32 Å². The Bertz CT molecular complexity index is 231. The van der Waals surface area contributed by atoms with E-state index in [2.05, 4.69) is 11.9 Å². The summed E-state index contributed by atoms with van der Waals surface area (Å²) in [6.45, 7) is 8.21. The van der Waals surface area contributed by atoms with Crippen LogP contribution in [0.25, 0.3) is 0 Å². The molecule has 0 aromatic heterocycles. The highest BCUT2D eigenvalue weighted by Crippen LogP contribution is 2.36. The zero-order valence-corrected chi connectivity index (χ0v) is 10.1. The molecule has 0 heterocycles. The maximum absolute atomic E-state index is 12.9. The van der Waals surface area contributed by atoms with Crippen LogP contribution in [-0.4, -0.2) is 18.6 Å². The van der Waals surface area contributed by atoms with Gasteiger partial charge >= 0.3 is 0 Å². The molecule has 1 saturated carbocycles. The van der Waals surface area contributed by atoms with Crippen LogP contribution in [0.3, 0.4) is 0 Å². The first-order valence-corrected chi connectivity index (χ1v) is 5.85. The van der Waals surface area contributed by atoms with Gasteiger partial charge in [0.15, 0.2) is 5.88 Å². The molecule has 0 aromatic rings. The zero-order valence-electron chi connectivity index (χ0n) is 10.1. The minimum Gasteiger partial charge on any atom is -0.479 e. The van der Waals surface area contributed by atoms with E-state index in [0.29, 0.717) is 25.3 Å². The van der Waals surface area contributed by atoms with Crippen LogP contribution in [0.2, 0.25) is 0 Å². The van der Waals surface area contributed by atoms with E-state index in [1.165, 1.54) is 0 Å². The molecule has 1 rings (SSSR count). The molecule has 0 aromatic carbocycles. The van der Waals surface area contributed by atoms with Crippen molar-refractivity contribution in [2.24, 2.45) is 5.92 Å². The third kappa shape index (κ3) is 4.81. The molecule has 0 bridgehead atoms. The maximum Gasteiger partial charge on any atom is 0.248 e. The van der Waals surface area contributed by atoms with Gasteiger partial charge in [-0.15, -0.1) is 0 Å². The predicted octanol–water partition coefficient (Wildman–Crippen LogP) is 3.30. The standard InChI is InChI=1S/C12H21F2NO/c1-9(2)15-10(3)16-8-11-4-6-12(13,14)7-5-11/h9,11,15H,3-8H2,1-2H3. The lowest BCUT2D eigenvalue weighted by molar-refractivity contribution is -0.0530. The zero-order chi connectivity index (χ0) is 12.2. The number of hydrogen-bond acceptors (Lipinski definition) is 2. The summed E-state index contributed by atoms with van der Waals surface area (Å²) >= 11 is 0. The molecular formula is C12H21F2NO. The van der Waals surface area contributed by atoms with Crippen LogP contribution in [0.15, 0.2) is 12.5 Å². The molecule has 0 saturated heterocycles. The van der Waals surface area contributed by atoms with E-state index in [1.54, 1.807) is 0 Å². The molecule has 0 unspecified atom stereocenters. The van der Waals surface area contributed by atoms with Crippen molar-refractivity contribution in [1.82, 2.24) is 5.32 Å². The molecule has 0 aliphatic heterocycles. The van der Waals surface area contributed by atoms with E-state index in [1.807, 2.05) is 13.8 Å². The number of nitrogens with one attached hydrogen (secondary N) is 1. The van der Waals surface area contributed by atoms with Gasteiger partial charge in [-0.05, 0) is 39.2 Å². The Hall–Kier alpha value is -0.800. The van der Waals surface area contributed by atoms with E-state index in [4.69, 9.17) is 4.74 Å². The van der Waals surface area contributed by atoms with Crippen LogP contribution in [0, 0.1) is 5.92 Å². The van der Waals surface area contributed by atoms with E-state index in [9.17, 15) is 8.78 Å². The molecule has 94 valence electrons. The van der Waals surface area contributed by atoms with Gasteiger partial charge in [0.2, 0.25) is 5.92 Å². The second-order valence-electron chi connectivity index (χ2n) is 4.83. The molecule has 0 amide bonds. The van der Waals surface area contributed by atoms with Crippen LogP contribution >= 0.6 is 0 Å². The lowest BCUT2D eigenvalue weighted by Gasteiger charge is -2.28. The largest absolute Gasteiger partial charge is 0.479 e. The monoisotopic (exact) mass is 233 g/mol. The summed E-state index contributed by atoms with van der Waals surface area (Å²) in [7, 11) is 0. The minimum atomic E-state index is -2.45. The van der Waals surface area contributed by atoms with Crippen molar-refractivity contribution in [3.05, 3.63) is 12.5 Å². The van der Waals surface area contributed by atoms with Gasteiger partial charge in [-0.2, -0.15) is 0 Å². The fraction of sp³-hybridized carbons (Fsp3) is 0.833. The summed E-state index contributed by atoms with van der Waals surface area (Å²) in [5.41, 5.74) is 0. The van der Waals surface area contributed by atoms with Crippen molar-refractivity contribution in [2.75, 3.05) is 6.61 Å². The average Bonchev–Trinajstić information content (AvgIpc) is 2.15. The number of halogens is 2. The molecule has 0 radical (unpaired) electrons. The molecule has 2 nitrogen and oxygen atoms in total. The maximum atomic E-state index is 12.9. The Balaban J connectivity index is 2.17. The Morgan fingerprint density at radius 1 is 1.44 bits per heavy atom. The summed E-state index contributed by atoms with van der Waals surface area (Å²) in [4.78, 5) is 0. The number of alkyl halides is 2. The molecule has 0 atom stereocenters. The SMILES string of the molecule is C=C(NC(C)C)OCC1CCC(F)(F)CC1. The van der Waals surface area contributed by atoms with Gasteiger partial charge in [0, 0.05) is 18.9 Å². The first kappa shape index (κ1) is 13.3. The summed E-state index contributed by atoms with van der Waals surface area (Å²) < 4.78 is 31.2. The molecule has 1 aliphatic rings. The van der Waals surface area contributed by atoms with E-state index in [0.717, 1.165) is 0 Å². The molecule has 1 N–H and O–H groups in total. The summed E-state index contributed by atoms with van der Waals surface area (Å²) in [5, 5.41) is 3.03. The van der Waals surface area contributed by atoms with Gasteiger partial charge in [-0.3, -0.25) is 0 Å². The third-order valence-electron chi connectivity index (χ3n) is 2.78. The number of ether oxygens (including phenoxy) is 1. The normalized spacial score (nSPS) is 20.8. The highest BCUT2D eigenvalue weighted by Gasteiger charge is 2.34. The first-order chi connectivity index (χ1) is 7.39. The van der Waals surface area contributed by atoms with Crippen LogP contribution in [0.4, 0.5) is 8.78 Å². The Morgan fingerprint density at radius 2 is 2.00 bits per heavy atom. The summed E-state index contributed by atoms with van der Waals surface area (Å²) in [6.07, 6.45) is 1.07. The smallest absolute Gasteiger partial charge is 0.248 e.